The minimum absolute atomic E-state index is 0.138. The summed E-state index contributed by atoms with van der Waals surface area (Å²) in [5.41, 5.74) is 3.79. The molecule has 2 aliphatic rings. The number of thiophene rings is 1. The maximum Gasteiger partial charge on any atom is 0.256 e. The molecule has 0 unspecified atom stereocenters. The van der Waals surface area contributed by atoms with Crippen LogP contribution in [0.3, 0.4) is 0 Å². The van der Waals surface area contributed by atoms with Crippen LogP contribution < -0.4 is 16.0 Å². The molecule has 2 heterocycles. The Labute approximate surface area is 169 Å². The highest BCUT2D eigenvalue weighted by Gasteiger charge is 2.18. The van der Waals surface area contributed by atoms with Crippen LogP contribution in [0.4, 0.5) is 5.00 Å². The molecule has 1 aliphatic heterocycles. The van der Waals surface area contributed by atoms with Gasteiger partial charge in [-0.1, -0.05) is 6.07 Å². The molecule has 1 aromatic carbocycles. The molecule has 1 aliphatic carbocycles. The first-order valence-corrected chi connectivity index (χ1v) is 10.8. The first kappa shape index (κ1) is 19.1. The molecule has 1 fully saturated rings. The number of rotatable bonds is 6. The lowest BCUT2D eigenvalue weighted by Crippen LogP contribution is -2.46. The second-order valence-corrected chi connectivity index (χ2v) is 8.22. The smallest absolute Gasteiger partial charge is 0.256 e. The van der Waals surface area contributed by atoms with E-state index in [1.54, 1.807) is 6.07 Å². The van der Waals surface area contributed by atoms with E-state index in [1.807, 2.05) is 17.5 Å². The molecule has 148 valence electrons. The van der Waals surface area contributed by atoms with Gasteiger partial charge in [0, 0.05) is 44.8 Å². The Morgan fingerprint density at radius 2 is 1.89 bits per heavy atom. The molecular weight excluding hydrogens is 372 g/mol. The van der Waals surface area contributed by atoms with Gasteiger partial charge in [0.15, 0.2) is 0 Å². The lowest BCUT2D eigenvalue weighted by atomic mass is 10.1. The van der Waals surface area contributed by atoms with Crippen LogP contribution in [-0.2, 0) is 12.8 Å². The molecule has 0 radical (unpaired) electrons. The molecule has 2 amide bonds. The van der Waals surface area contributed by atoms with Gasteiger partial charge < -0.3 is 16.0 Å². The molecule has 3 N–H and O–H groups in total. The van der Waals surface area contributed by atoms with Crippen molar-refractivity contribution in [2.45, 2.75) is 19.3 Å². The van der Waals surface area contributed by atoms with Gasteiger partial charge in [-0.2, -0.15) is 0 Å². The average Bonchev–Trinajstić information content (AvgIpc) is 3.37. The zero-order valence-corrected chi connectivity index (χ0v) is 16.7. The average molecular weight is 399 g/mol. The number of fused-ring (bicyclic) bond motifs is 1. The van der Waals surface area contributed by atoms with E-state index in [0.29, 0.717) is 22.7 Å². The number of nitrogens with one attached hydrogen (secondary N) is 3. The molecule has 2 aromatic rings. The number of hydrogen-bond acceptors (Lipinski definition) is 5. The lowest BCUT2D eigenvalue weighted by Gasteiger charge is -2.27. The van der Waals surface area contributed by atoms with E-state index in [4.69, 9.17) is 0 Å². The van der Waals surface area contributed by atoms with Gasteiger partial charge in [-0.3, -0.25) is 14.5 Å². The van der Waals surface area contributed by atoms with Gasteiger partial charge in [-0.25, -0.2) is 0 Å². The van der Waals surface area contributed by atoms with Gasteiger partial charge in [0.25, 0.3) is 11.8 Å². The van der Waals surface area contributed by atoms with Gasteiger partial charge in [-0.15, -0.1) is 11.3 Å². The fourth-order valence-electron chi connectivity index (χ4n) is 3.83. The van der Waals surface area contributed by atoms with Crippen LogP contribution in [0.2, 0.25) is 0 Å². The maximum atomic E-state index is 12.7. The van der Waals surface area contributed by atoms with Crippen LogP contribution in [0.25, 0.3) is 0 Å². The minimum atomic E-state index is -0.160. The number of nitrogens with zero attached hydrogens (tertiary/aromatic N) is 1. The van der Waals surface area contributed by atoms with Crippen molar-refractivity contribution in [1.29, 1.82) is 0 Å². The predicted molar refractivity (Wildman–Crippen MR) is 112 cm³/mol. The van der Waals surface area contributed by atoms with Crippen LogP contribution in [0.5, 0.6) is 0 Å². The molecule has 0 bridgehead atoms. The second-order valence-electron chi connectivity index (χ2n) is 7.30. The standard InChI is InChI=1S/C21H26N4O2S/c26-19(17-5-4-15-2-1-3-16(15)14-17)24-21-18(6-13-28-21)20(27)23-9-12-25-10-7-22-8-11-25/h4-6,13-14,22H,1-3,7-12H2,(H,23,27)(H,24,26). The first-order valence-electron chi connectivity index (χ1n) is 9.92. The van der Waals surface area contributed by atoms with Gasteiger partial charge in [-0.05, 0) is 54.0 Å². The summed E-state index contributed by atoms with van der Waals surface area (Å²) >= 11 is 1.38. The molecule has 0 saturated carbocycles. The third-order valence-corrected chi connectivity index (χ3v) is 6.25. The van der Waals surface area contributed by atoms with Gasteiger partial charge in [0.2, 0.25) is 0 Å². The summed E-state index contributed by atoms with van der Waals surface area (Å²) in [7, 11) is 0. The highest BCUT2D eigenvalue weighted by atomic mass is 32.1. The van der Waals surface area contributed by atoms with E-state index in [9.17, 15) is 9.59 Å². The van der Waals surface area contributed by atoms with Crippen LogP contribution in [0.1, 0.15) is 38.3 Å². The van der Waals surface area contributed by atoms with Crippen molar-refractivity contribution in [2.24, 2.45) is 0 Å². The van der Waals surface area contributed by atoms with E-state index in [2.05, 4.69) is 26.9 Å². The first-order chi connectivity index (χ1) is 13.7. The van der Waals surface area contributed by atoms with Crippen molar-refractivity contribution >= 4 is 28.2 Å². The molecule has 0 spiro atoms. The summed E-state index contributed by atoms with van der Waals surface area (Å²) in [4.78, 5) is 27.5. The second kappa shape index (κ2) is 8.86. The molecule has 6 nitrogen and oxygen atoms in total. The van der Waals surface area contributed by atoms with Crippen molar-refractivity contribution < 1.29 is 9.59 Å². The maximum absolute atomic E-state index is 12.7. The summed E-state index contributed by atoms with van der Waals surface area (Å²) in [5.74, 6) is -0.298. The van der Waals surface area contributed by atoms with Crippen molar-refractivity contribution in [2.75, 3.05) is 44.6 Å². The lowest BCUT2D eigenvalue weighted by molar-refractivity contribution is 0.0948. The van der Waals surface area contributed by atoms with E-state index < -0.39 is 0 Å². The van der Waals surface area contributed by atoms with Crippen LogP contribution in [-0.4, -0.2) is 56.0 Å². The zero-order chi connectivity index (χ0) is 19.3. The molecule has 7 heteroatoms. The van der Waals surface area contributed by atoms with E-state index in [1.165, 1.54) is 22.5 Å². The normalized spacial score (nSPS) is 16.6. The quantitative estimate of drug-likeness (QED) is 0.697. The Kier molecular flexibility index (Phi) is 6.04. The Morgan fingerprint density at radius 1 is 1.07 bits per heavy atom. The number of carbonyl (C=O) groups excluding carboxylic acids is 2. The Bertz CT molecular complexity index is 858. The number of amides is 2. The highest BCUT2D eigenvalue weighted by Crippen LogP contribution is 2.26. The zero-order valence-electron chi connectivity index (χ0n) is 15.9. The Hall–Kier alpha value is -2.22. The van der Waals surface area contributed by atoms with E-state index >= 15 is 0 Å². The number of aryl methyl sites for hydroxylation is 2. The van der Waals surface area contributed by atoms with Gasteiger partial charge in [0.1, 0.15) is 5.00 Å². The van der Waals surface area contributed by atoms with Crippen LogP contribution >= 0.6 is 11.3 Å². The third-order valence-electron chi connectivity index (χ3n) is 5.42. The SMILES string of the molecule is O=C(Nc1sccc1C(=O)NCCN1CCNCC1)c1ccc2c(c1)CCC2. The summed E-state index contributed by atoms with van der Waals surface area (Å²) < 4.78 is 0. The molecule has 1 aromatic heterocycles. The Balaban J connectivity index is 1.34. The monoisotopic (exact) mass is 398 g/mol. The Morgan fingerprint density at radius 3 is 2.75 bits per heavy atom. The van der Waals surface area contributed by atoms with Crippen molar-refractivity contribution in [3.05, 3.63) is 51.9 Å². The topological polar surface area (TPSA) is 73.5 Å². The molecule has 4 rings (SSSR count). The van der Waals surface area contributed by atoms with Crippen molar-refractivity contribution in [1.82, 2.24) is 15.5 Å². The predicted octanol–water partition coefficient (Wildman–Crippen LogP) is 2.12. The third kappa shape index (κ3) is 4.43. The summed E-state index contributed by atoms with van der Waals surface area (Å²) in [6, 6.07) is 7.68. The van der Waals surface area contributed by atoms with Gasteiger partial charge >= 0.3 is 0 Å². The number of piperazine rings is 1. The fourth-order valence-corrected chi connectivity index (χ4v) is 4.61. The molecule has 0 atom stereocenters. The summed E-state index contributed by atoms with van der Waals surface area (Å²) in [6.07, 6.45) is 3.29. The molecular formula is C21H26N4O2S. The van der Waals surface area contributed by atoms with Crippen molar-refractivity contribution in [3.8, 4) is 0 Å². The molecule has 28 heavy (non-hydrogen) atoms. The molecule has 1 saturated heterocycles. The number of carbonyl (C=O) groups is 2. The van der Waals surface area contributed by atoms with Crippen molar-refractivity contribution in [3.63, 3.8) is 0 Å². The van der Waals surface area contributed by atoms with Crippen LogP contribution in [0.15, 0.2) is 29.6 Å². The fraction of sp³-hybridized carbons (Fsp3) is 0.429. The largest absolute Gasteiger partial charge is 0.351 e. The summed E-state index contributed by atoms with van der Waals surface area (Å²) in [5, 5.41) is 11.7. The van der Waals surface area contributed by atoms with E-state index in [-0.39, 0.29) is 11.8 Å². The van der Waals surface area contributed by atoms with Gasteiger partial charge in [0.05, 0.1) is 5.56 Å². The van der Waals surface area contributed by atoms with Crippen LogP contribution in [0, 0.1) is 0 Å². The minimum Gasteiger partial charge on any atom is -0.351 e. The summed E-state index contributed by atoms with van der Waals surface area (Å²) in [6.45, 7) is 5.46. The van der Waals surface area contributed by atoms with E-state index in [0.717, 1.165) is 52.0 Å². The number of anilines is 1. The number of hydrogen-bond donors (Lipinski definition) is 3. The number of benzene rings is 1. The highest BCUT2D eigenvalue weighted by molar-refractivity contribution is 7.14.